The molecule has 3 aliphatic heterocycles. The molecule has 2 aromatic rings. The minimum Gasteiger partial charge on any atom is -0.508 e. The topological polar surface area (TPSA) is 78.7 Å². The molecule has 1 N–H and O–H groups in total. The normalized spacial score (nSPS) is 31.3. The molecule has 0 bridgehead atoms. The van der Waals surface area contributed by atoms with Gasteiger partial charge in [0.15, 0.2) is 12.1 Å². The molecule has 0 aromatic heterocycles. The lowest BCUT2D eigenvalue weighted by molar-refractivity contribution is -0.210. The van der Waals surface area contributed by atoms with E-state index in [4.69, 9.17) is 23.8 Å². The molecule has 7 heteroatoms. The van der Waals surface area contributed by atoms with E-state index in [1.165, 1.54) is 0 Å². The van der Waals surface area contributed by atoms with Gasteiger partial charge in [0.25, 0.3) is 0 Å². The van der Waals surface area contributed by atoms with E-state index in [9.17, 15) is 5.11 Å². The van der Waals surface area contributed by atoms with Gasteiger partial charge in [0.05, 0.1) is 12.3 Å². The summed E-state index contributed by atoms with van der Waals surface area (Å²) in [5.41, 5.74) is 2.97. The van der Waals surface area contributed by atoms with Crippen molar-refractivity contribution in [1.82, 2.24) is 0 Å². The minimum atomic E-state index is -0.718. The van der Waals surface area contributed by atoms with E-state index in [2.05, 4.69) is 5.16 Å². The largest absolute Gasteiger partial charge is 0.508 e. The molecule has 2 aromatic carbocycles. The van der Waals surface area contributed by atoms with Gasteiger partial charge < -0.3 is 28.9 Å². The van der Waals surface area contributed by atoms with E-state index >= 15 is 0 Å². The highest BCUT2D eigenvalue weighted by Crippen LogP contribution is 2.40. The number of phenolic OH excluding ortho intramolecular Hbond substituents is 1. The van der Waals surface area contributed by atoms with E-state index < -0.39 is 12.1 Å². The maximum Gasteiger partial charge on any atom is 0.190 e. The molecule has 2 saturated heterocycles. The zero-order valence-electron chi connectivity index (χ0n) is 17.6. The van der Waals surface area contributed by atoms with Crippen molar-refractivity contribution in [1.29, 1.82) is 0 Å². The molecular formula is C24H27NO6. The fourth-order valence-electron chi connectivity index (χ4n) is 4.32. The summed E-state index contributed by atoms with van der Waals surface area (Å²) < 4.78 is 24.5. The lowest BCUT2D eigenvalue weighted by Gasteiger charge is -2.25. The van der Waals surface area contributed by atoms with Crippen molar-refractivity contribution >= 4 is 5.71 Å². The fourth-order valence-corrected chi connectivity index (χ4v) is 4.32. The number of aromatic hydroxyl groups is 1. The summed E-state index contributed by atoms with van der Waals surface area (Å²) in [4.78, 5) is 5.69. The van der Waals surface area contributed by atoms with Crippen molar-refractivity contribution in [3.63, 3.8) is 0 Å². The van der Waals surface area contributed by atoms with Crippen molar-refractivity contribution in [2.24, 2.45) is 5.16 Å². The Morgan fingerprint density at radius 2 is 1.81 bits per heavy atom. The number of hydrogen-bond acceptors (Lipinski definition) is 7. The average Bonchev–Trinajstić information content (AvgIpc) is 3.41. The predicted octanol–water partition coefficient (Wildman–Crippen LogP) is 3.54. The zero-order chi connectivity index (χ0) is 21.4. The van der Waals surface area contributed by atoms with Crippen molar-refractivity contribution < 1.29 is 28.9 Å². The van der Waals surface area contributed by atoms with Gasteiger partial charge in [0.2, 0.25) is 0 Å². The maximum atomic E-state index is 9.47. The monoisotopic (exact) mass is 425 g/mol. The molecule has 5 rings (SSSR count). The van der Waals surface area contributed by atoms with E-state index in [1.54, 1.807) is 12.1 Å². The summed E-state index contributed by atoms with van der Waals surface area (Å²) in [6, 6.07) is 17.2. The highest BCUT2D eigenvalue weighted by Gasteiger charge is 2.57. The maximum absolute atomic E-state index is 9.47. The summed E-state index contributed by atoms with van der Waals surface area (Å²) in [7, 11) is 0. The molecule has 3 aliphatic rings. The molecule has 1 unspecified atom stereocenters. The lowest BCUT2D eigenvalue weighted by Crippen LogP contribution is -2.40. The molecule has 7 nitrogen and oxygen atoms in total. The summed E-state index contributed by atoms with van der Waals surface area (Å²) in [5.74, 6) is -0.468. The quantitative estimate of drug-likeness (QED) is 0.763. The first-order valence-electron chi connectivity index (χ1n) is 10.6. The van der Waals surface area contributed by atoms with Crippen molar-refractivity contribution in [2.45, 2.75) is 69.8 Å². The summed E-state index contributed by atoms with van der Waals surface area (Å²) >= 11 is 0. The van der Waals surface area contributed by atoms with Crippen LogP contribution in [0, 0.1) is 0 Å². The molecule has 0 saturated carbocycles. The van der Waals surface area contributed by atoms with Crippen LogP contribution in [0.25, 0.3) is 0 Å². The third-order valence-corrected chi connectivity index (χ3v) is 5.76. The highest BCUT2D eigenvalue weighted by molar-refractivity contribution is 5.90. The molecule has 31 heavy (non-hydrogen) atoms. The molecule has 0 radical (unpaired) electrons. The van der Waals surface area contributed by atoms with Crippen molar-refractivity contribution in [3.05, 3.63) is 65.7 Å². The number of benzene rings is 2. The van der Waals surface area contributed by atoms with Gasteiger partial charge in [-0.15, -0.1) is 0 Å². The van der Waals surface area contributed by atoms with Crippen molar-refractivity contribution in [2.75, 3.05) is 0 Å². The predicted molar refractivity (Wildman–Crippen MR) is 112 cm³/mol. The third-order valence-electron chi connectivity index (χ3n) is 5.76. The van der Waals surface area contributed by atoms with E-state index in [-0.39, 0.29) is 30.2 Å². The molecule has 2 fully saturated rings. The van der Waals surface area contributed by atoms with Crippen LogP contribution in [0.1, 0.15) is 31.4 Å². The minimum absolute atomic E-state index is 0.0864. The van der Waals surface area contributed by atoms with E-state index in [1.807, 2.05) is 56.3 Å². The van der Waals surface area contributed by atoms with E-state index in [0.717, 1.165) is 16.8 Å². The number of ether oxygens (including phenoxy) is 4. The molecule has 164 valence electrons. The molecule has 0 spiro atoms. The molecule has 0 aliphatic carbocycles. The molecule has 5 atom stereocenters. The van der Waals surface area contributed by atoms with Gasteiger partial charge in [-0.2, -0.15) is 0 Å². The number of hydrogen-bond donors (Lipinski definition) is 1. The summed E-state index contributed by atoms with van der Waals surface area (Å²) in [6.07, 6.45) is -0.317. The highest BCUT2D eigenvalue weighted by atomic mass is 16.8. The Morgan fingerprint density at radius 1 is 1.03 bits per heavy atom. The fraction of sp³-hybridized carbons (Fsp3) is 0.458. The molecule has 0 amide bonds. The third kappa shape index (κ3) is 4.45. The Hall–Kier alpha value is -2.45. The summed E-state index contributed by atoms with van der Waals surface area (Å²) in [5, 5.41) is 13.8. The number of fused-ring (bicyclic) bond motifs is 1. The standard InChI is InChI=1S/C24H27NO6/c1-24(2)29-22-21(27-14-16-6-4-3-5-7-16)20(28-23(22)30-24)19-13-18(31-25-19)12-15-8-10-17(26)11-9-15/h3-11,18,20-23,26H,12-14H2,1-2H3/t18?,20-,21+,22-,23-/m1/s1. The Kier molecular flexibility index (Phi) is 5.44. The van der Waals surface area contributed by atoms with Crippen LogP contribution < -0.4 is 0 Å². The number of oxime groups is 1. The van der Waals surface area contributed by atoms with Crippen LogP contribution in [0.5, 0.6) is 5.75 Å². The second kappa shape index (κ2) is 8.24. The first-order valence-corrected chi connectivity index (χ1v) is 10.6. The molecule has 3 heterocycles. The van der Waals surface area contributed by atoms with Crippen LogP contribution in [0.4, 0.5) is 0 Å². The smallest absolute Gasteiger partial charge is 0.190 e. The van der Waals surface area contributed by atoms with Gasteiger partial charge in [0.1, 0.15) is 30.2 Å². The summed E-state index contributed by atoms with van der Waals surface area (Å²) in [6.45, 7) is 4.20. The van der Waals surface area contributed by atoms with Crippen molar-refractivity contribution in [3.8, 4) is 5.75 Å². The zero-order valence-corrected chi connectivity index (χ0v) is 17.6. The van der Waals surface area contributed by atoms with Gasteiger partial charge >= 0.3 is 0 Å². The van der Waals surface area contributed by atoms with Gasteiger partial charge in [-0.1, -0.05) is 47.6 Å². The van der Waals surface area contributed by atoms with Crippen LogP contribution in [0.2, 0.25) is 0 Å². The van der Waals surface area contributed by atoms with Gasteiger partial charge in [-0.25, -0.2) is 0 Å². The second-order valence-corrected chi connectivity index (χ2v) is 8.67. The SMILES string of the molecule is CC1(C)O[C@H]2O[C@H](C3=NOC(Cc4ccc(O)cc4)C3)[C@H](OCc3ccccc3)[C@H]2O1. The van der Waals surface area contributed by atoms with E-state index in [0.29, 0.717) is 19.4 Å². The van der Waals surface area contributed by atoms with Gasteiger partial charge in [-0.3, -0.25) is 0 Å². The average molecular weight is 425 g/mol. The number of rotatable bonds is 6. The Balaban J connectivity index is 1.27. The Labute approximate surface area is 181 Å². The first kappa shape index (κ1) is 20.5. The Morgan fingerprint density at radius 3 is 2.58 bits per heavy atom. The van der Waals surface area contributed by atoms with Crippen LogP contribution in [-0.2, 0) is 36.8 Å². The van der Waals surface area contributed by atoms with Crippen LogP contribution in [-0.4, -0.2) is 47.3 Å². The lowest BCUT2D eigenvalue weighted by atomic mass is 9.98. The number of nitrogens with zero attached hydrogens (tertiary/aromatic N) is 1. The second-order valence-electron chi connectivity index (χ2n) is 8.67. The number of phenols is 1. The van der Waals surface area contributed by atoms with Crippen LogP contribution in [0.15, 0.2) is 59.8 Å². The van der Waals surface area contributed by atoms with Crippen LogP contribution >= 0.6 is 0 Å². The first-order chi connectivity index (χ1) is 15.0. The van der Waals surface area contributed by atoms with Crippen LogP contribution in [0.3, 0.4) is 0 Å². The van der Waals surface area contributed by atoms with Gasteiger partial charge in [-0.05, 0) is 37.1 Å². The molecular weight excluding hydrogens is 398 g/mol. The van der Waals surface area contributed by atoms with Gasteiger partial charge in [0, 0.05) is 12.8 Å². The Bertz CT molecular complexity index is 929.